The maximum Gasteiger partial charge on any atom is 0.306 e. The highest BCUT2D eigenvalue weighted by molar-refractivity contribution is 6.29. The van der Waals surface area contributed by atoms with E-state index in [0.29, 0.717) is 11.3 Å². The number of ether oxygens (including phenoxy) is 1. The summed E-state index contributed by atoms with van der Waals surface area (Å²) >= 11 is 5.90. The van der Waals surface area contributed by atoms with Crippen molar-refractivity contribution < 1.29 is 19.1 Å². The van der Waals surface area contributed by atoms with Crippen LogP contribution in [0.3, 0.4) is 0 Å². The first-order chi connectivity index (χ1) is 11.5. The van der Waals surface area contributed by atoms with Crippen LogP contribution in [0.4, 0.5) is 0 Å². The van der Waals surface area contributed by atoms with Crippen LogP contribution in [-0.4, -0.2) is 39.3 Å². The number of hydrogen-bond acceptors (Lipinski definition) is 5. The largest absolute Gasteiger partial charge is 0.460 e. The van der Waals surface area contributed by atoms with Crippen molar-refractivity contribution in [1.82, 2.24) is 9.88 Å². The number of primary amides is 1. The maximum atomic E-state index is 12.7. The van der Waals surface area contributed by atoms with Crippen LogP contribution in [0, 0.1) is 0 Å². The van der Waals surface area contributed by atoms with Crippen molar-refractivity contribution >= 4 is 29.4 Å². The molecule has 2 N–H and O–H groups in total. The number of pyridine rings is 1. The molecule has 0 fully saturated rings. The van der Waals surface area contributed by atoms with Crippen LogP contribution >= 0.6 is 11.6 Å². The number of aromatic nitrogens is 1. The zero-order chi connectivity index (χ0) is 18.9. The SMILES string of the molecule is C[C@H]1c2nc(Cl)ccc2C(=O)N1[C@@H](CCC(=O)OC(C)(C)C)C(N)=O. The van der Waals surface area contributed by atoms with Crippen LogP contribution in [0.15, 0.2) is 12.1 Å². The summed E-state index contributed by atoms with van der Waals surface area (Å²) in [4.78, 5) is 42.0. The molecule has 7 nitrogen and oxygen atoms in total. The Balaban J connectivity index is 2.17. The average Bonchev–Trinajstić information content (AvgIpc) is 2.70. The number of hydrogen-bond donors (Lipinski definition) is 1. The minimum Gasteiger partial charge on any atom is -0.460 e. The molecule has 1 aliphatic heterocycles. The second kappa shape index (κ2) is 7.00. The van der Waals surface area contributed by atoms with Crippen LogP contribution in [0.2, 0.25) is 5.15 Å². The molecule has 2 rings (SSSR count). The number of halogens is 1. The van der Waals surface area contributed by atoms with Crippen molar-refractivity contribution in [2.24, 2.45) is 5.73 Å². The van der Waals surface area contributed by atoms with Crippen LogP contribution in [-0.2, 0) is 14.3 Å². The number of carbonyl (C=O) groups is 3. The first-order valence-corrected chi connectivity index (χ1v) is 8.39. The number of esters is 1. The lowest BCUT2D eigenvalue weighted by atomic mass is 10.1. The first kappa shape index (κ1) is 19.2. The van der Waals surface area contributed by atoms with Crippen molar-refractivity contribution in [2.45, 2.75) is 58.2 Å². The Morgan fingerprint density at radius 3 is 2.60 bits per heavy atom. The fraction of sp³-hybridized carbons (Fsp3) is 0.529. The highest BCUT2D eigenvalue weighted by Crippen LogP contribution is 2.35. The third kappa shape index (κ3) is 4.28. The lowest BCUT2D eigenvalue weighted by Gasteiger charge is -2.29. The Labute approximate surface area is 151 Å². The van der Waals surface area contributed by atoms with E-state index < -0.39 is 29.6 Å². The Morgan fingerprint density at radius 1 is 1.40 bits per heavy atom. The predicted molar refractivity (Wildman–Crippen MR) is 91.9 cm³/mol. The monoisotopic (exact) mass is 367 g/mol. The van der Waals surface area contributed by atoms with Gasteiger partial charge in [0.2, 0.25) is 5.91 Å². The Kier molecular flexibility index (Phi) is 5.37. The Bertz CT molecular complexity index is 714. The summed E-state index contributed by atoms with van der Waals surface area (Å²) in [6, 6.07) is 1.71. The van der Waals surface area contributed by atoms with E-state index in [1.165, 1.54) is 11.0 Å². The summed E-state index contributed by atoms with van der Waals surface area (Å²) in [7, 11) is 0. The summed E-state index contributed by atoms with van der Waals surface area (Å²) in [6.07, 6.45) is 0.0634. The van der Waals surface area contributed by atoms with Gasteiger partial charge in [0.05, 0.1) is 17.3 Å². The van der Waals surface area contributed by atoms with Gasteiger partial charge in [-0.25, -0.2) is 4.98 Å². The first-order valence-electron chi connectivity index (χ1n) is 8.01. The molecule has 1 aliphatic rings. The second-order valence-corrected chi connectivity index (χ2v) is 7.39. The molecule has 1 aromatic rings. The molecule has 1 aromatic heterocycles. The van der Waals surface area contributed by atoms with E-state index in [1.807, 2.05) is 0 Å². The van der Waals surface area contributed by atoms with E-state index in [1.54, 1.807) is 33.8 Å². The fourth-order valence-electron chi connectivity index (χ4n) is 2.87. The number of rotatable bonds is 5. The molecule has 0 saturated carbocycles. The number of nitrogens with zero attached hydrogens (tertiary/aromatic N) is 2. The molecule has 2 atom stereocenters. The van der Waals surface area contributed by atoms with Gasteiger partial charge < -0.3 is 15.4 Å². The maximum absolute atomic E-state index is 12.7. The normalized spacial score (nSPS) is 18.0. The highest BCUT2D eigenvalue weighted by Gasteiger charge is 2.41. The minimum atomic E-state index is -0.928. The van der Waals surface area contributed by atoms with Gasteiger partial charge in [0.15, 0.2) is 0 Å². The lowest BCUT2D eigenvalue weighted by Crippen LogP contribution is -2.46. The van der Waals surface area contributed by atoms with Crippen molar-refractivity contribution in [3.8, 4) is 0 Å². The molecule has 136 valence electrons. The smallest absolute Gasteiger partial charge is 0.306 e. The molecular formula is C17H22ClN3O4. The topological polar surface area (TPSA) is 103 Å². The van der Waals surface area contributed by atoms with Crippen LogP contribution < -0.4 is 5.73 Å². The van der Waals surface area contributed by atoms with Crippen molar-refractivity contribution in [1.29, 1.82) is 0 Å². The van der Waals surface area contributed by atoms with Gasteiger partial charge in [0.25, 0.3) is 5.91 Å². The number of nitrogens with two attached hydrogens (primary N) is 1. The molecule has 2 amide bonds. The molecule has 8 heteroatoms. The molecular weight excluding hydrogens is 346 g/mol. The van der Waals surface area contributed by atoms with Gasteiger partial charge in [-0.2, -0.15) is 0 Å². The number of amides is 2. The minimum absolute atomic E-state index is 0.0219. The van der Waals surface area contributed by atoms with Crippen molar-refractivity contribution in [2.75, 3.05) is 0 Å². The molecule has 0 unspecified atom stereocenters. The average molecular weight is 368 g/mol. The van der Waals surface area contributed by atoms with E-state index >= 15 is 0 Å². The molecule has 2 heterocycles. The van der Waals surface area contributed by atoms with E-state index in [0.717, 1.165) is 0 Å². The van der Waals surface area contributed by atoms with E-state index in [9.17, 15) is 14.4 Å². The van der Waals surface area contributed by atoms with Crippen molar-refractivity contribution in [3.05, 3.63) is 28.5 Å². The van der Waals surface area contributed by atoms with Crippen molar-refractivity contribution in [3.63, 3.8) is 0 Å². The third-order valence-electron chi connectivity index (χ3n) is 3.87. The van der Waals surface area contributed by atoms with Gasteiger partial charge in [-0.15, -0.1) is 0 Å². The van der Waals surface area contributed by atoms with E-state index in [2.05, 4.69) is 4.98 Å². The fourth-order valence-corrected chi connectivity index (χ4v) is 3.03. The predicted octanol–water partition coefficient (Wildman–Crippen LogP) is 2.23. The van der Waals surface area contributed by atoms with Crippen LogP contribution in [0.5, 0.6) is 0 Å². The molecule has 0 radical (unpaired) electrons. The summed E-state index contributed by atoms with van der Waals surface area (Å²) in [5.41, 5.74) is 5.76. The second-order valence-electron chi connectivity index (χ2n) is 7.00. The van der Waals surface area contributed by atoms with Gasteiger partial charge >= 0.3 is 5.97 Å². The van der Waals surface area contributed by atoms with Gasteiger partial charge in [-0.3, -0.25) is 14.4 Å². The van der Waals surface area contributed by atoms with E-state index in [-0.39, 0.29) is 23.9 Å². The van der Waals surface area contributed by atoms with Gasteiger partial charge in [0, 0.05) is 6.42 Å². The quantitative estimate of drug-likeness (QED) is 0.635. The van der Waals surface area contributed by atoms with E-state index in [4.69, 9.17) is 22.1 Å². The van der Waals surface area contributed by atoms with Crippen LogP contribution in [0.1, 0.15) is 62.6 Å². The summed E-state index contributed by atoms with van der Waals surface area (Å²) in [6.45, 7) is 7.02. The lowest BCUT2D eigenvalue weighted by molar-refractivity contribution is -0.155. The third-order valence-corrected chi connectivity index (χ3v) is 4.09. The highest BCUT2D eigenvalue weighted by atomic mass is 35.5. The Morgan fingerprint density at radius 2 is 2.04 bits per heavy atom. The van der Waals surface area contributed by atoms with Gasteiger partial charge in [-0.1, -0.05) is 11.6 Å². The number of carbonyl (C=O) groups excluding carboxylic acids is 3. The molecule has 0 spiro atoms. The zero-order valence-electron chi connectivity index (χ0n) is 14.7. The van der Waals surface area contributed by atoms with Gasteiger partial charge in [0.1, 0.15) is 16.8 Å². The molecule has 0 aromatic carbocycles. The summed E-state index contributed by atoms with van der Waals surface area (Å²) in [5.74, 6) is -1.47. The molecule has 0 aliphatic carbocycles. The number of fused-ring (bicyclic) bond motifs is 1. The molecule has 0 bridgehead atoms. The summed E-state index contributed by atoms with van der Waals surface area (Å²) in [5, 5.41) is 0.268. The van der Waals surface area contributed by atoms with Crippen LogP contribution in [0.25, 0.3) is 0 Å². The zero-order valence-corrected chi connectivity index (χ0v) is 15.5. The Hall–Kier alpha value is -2.15. The molecule has 0 saturated heterocycles. The standard InChI is InChI=1S/C17H22ClN3O4/c1-9-14-10(5-7-12(18)20-14)16(24)21(9)11(15(19)23)6-8-13(22)25-17(2,3)4/h5,7,9,11H,6,8H2,1-4H3,(H2,19,23)/t9-,11-/m0/s1. The molecule has 25 heavy (non-hydrogen) atoms. The summed E-state index contributed by atoms with van der Waals surface area (Å²) < 4.78 is 5.24. The van der Waals surface area contributed by atoms with Gasteiger partial charge in [-0.05, 0) is 46.2 Å².